The molecule has 0 amide bonds. The van der Waals surface area contributed by atoms with Gasteiger partial charge in [-0.15, -0.1) is 0 Å². The van der Waals surface area contributed by atoms with Crippen LogP contribution in [-0.4, -0.2) is 62.8 Å². The Bertz CT molecular complexity index is 1900. The Hall–Kier alpha value is -5.70. The summed E-state index contributed by atoms with van der Waals surface area (Å²) < 4.78 is 35.2. The van der Waals surface area contributed by atoms with Crippen LogP contribution in [0.5, 0.6) is 23.0 Å². The van der Waals surface area contributed by atoms with Crippen LogP contribution >= 0.6 is 0 Å². The fourth-order valence-electron chi connectivity index (χ4n) is 6.10. The van der Waals surface area contributed by atoms with Crippen molar-refractivity contribution in [3.8, 4) is 56.9 Å². The summed E-state index contributed by atoms with van der Waals surface area (Å²) in [5.74, 6) is 3.16. The van der Waals surface area contributed by atoms with Gasteiger partial charge >= 0.3 is 0 Å². The topological polar surface area (TPSA) is 81.2 Å². The Balaban J connectivity index is 1.02. The lowest BCUT2D eigenvalue weighted by molar-refractivity contribution is 0.0764. The maximum atomic E-state index is 5.94. The molecule has 0 saturated heterocycles. The van der Waals surface area contributed by atoms with Gasteiger partial charge in [-0.25, -0.2) is 9.97 Å². The molecule has 0 atom stereocenters. The lowest BCUT2D eigenvalue weighted by Gasteiger charge is -2.26. The number of fused-ring (bicyclic) bond motifs is 4. The zero-order valence-electron chi connectivity index (χ0n) is 30.2. The van der Waals surface area contributed by atoms with Crippen LogP contribution in [0.3, 0.4) is 0 Å². The summed E-state index contributed by atoms with van der Waals surface area (Å²) in [4.78, 5) is 9.86. The Morgan fingerprint density at radius 1 is 0.358 bits per heavy atom. The van der Waals surface area contributed by atoms with Gasteiger partial charge in [-0.2, -0.15) is 0 Å². The SMILES string of the molecule is CC1(C)c2ccc(cc2)OCCOCCOc2ccc(cc2)-c2cccc(n2)-c2cccc(n2)-c2ccc(cc2)OCCOCCOc2ccc1cc2. The van der Waals surface area contributed by atoms with Crippen LogP contribution in [-0.2, 0) is 14.9 Å². The molecule has 2 aromatic heterocycles. The largest absolute Gasteiger partial charge is 0.491 e. The number of pyridine rings is 2. The van der Waals surface area contributed by atoms with Crippen molar-refractivity contribution >= 4 is 0 Å². The molecule has 12 bridgehead atoms. The monoisotopic (exact) mass is 708 g/mol. The molecule has 53 heavy (non-hydrogen) atoms. The Morgan fingerprint density at radius 3 is 1.00 bits per heavy atom. The molecular weight excluding hydrogens is 665 g/mol. The van der Waals surface area contributed by atoms with E-state index < -0.39 is 0 Å². The van der Waals surface area contributed by atoms with Crippen molar-refractivity contribution in [2.75, 3.05) is 52.9 Å². The van der Waals surface area contributed by atoms with Crippen LogP contribution in [0.25, 0.3) is 33.9 Å². The van der Waals surface area contributed by atoms with Crippen molar-refractivity contribution in [1.29, 1.82) is 0 Å². The summed E-state index contributed by atoms with van der Waals surface area (Å²) in [7, 11) is 0. The first kappa shape index (κ1) is 35.7. The molecule has 270 valence electrons. The van der Waals surface area contributed by atoms with Crippen LogP contribution < -0.4 is 18.9 Å². The van der Waals surface area contributed by atoms with Crippen LogP contribution in [0, 0.1) is 0 Å². The average Bonchev–Trinajstić information content (AvgIpc) is 3.21. The maximum Gasteiger partial charge on any atom is 0.119 e. The van der Waals surface area contributed by atoms with Crippen molar-refractivity contribution in [2.24, 2.45) is 0 Å². The minimum absolute atomic E-state index is 0.192. The fourth-order valence-corrected chi connectivity index (χ4v) is 6.10. The number of hydrogen-bond donors (Lipinski definition) is 0. The van der Waals surface area contributed by atoms with Gasteiger partial charge in [0.05, 0.1) is 49.2 Å². The van der Waals surface area contributed by atoms with Gasteiger partial charge in [0.25, 0.3) is 0 Å². The number of nitrogens with zero attached hydrogens (tertiary/aromatic N) is 2. The number of benzene rings is 4. The number of rotatable bonds is 0. The summed E-state index contributed by atoms with van der Waals surface area (Å²) in [6.45, 7) is 8.09. The molecule has 8 heteroatoms. The lowest BCUT2D eigenvalue weighted by atomic mass is 9.78. The van der Waals surface area contributed by atoms with E-state index in [1.165, 1.54) is 11.1 Å². The van der Waals surface area contributed by atoms with E-state index in [0.717, 1.165) is 56.9 Å². The Kier molecular flexibility index (Phi) is 11.6. The molecule has 0 saturated carbocycles. The highest BCUT2D eigenvalue weighted by molar-refractivity contribution is 5.68. The summed E-state index contributed by atoms with van der Waals surface area (Å²) >= 11 is 0. The second-order valence-corrected chi connectivity index (χ2v) is 13.2. The predicted molar refractivity (Wildman–Crippen MR) is 207 cm³/mol. The summed E-state index contributed by atoms with van der Waals surface area (Å²) in [6, 6.07) is 44.4. The first-order chi connectivity index (χ1) is 26.0. The van der Waals surface area contributed by atoms with Crippen molar-refractivity contribution in [1.82, 2.24) is 9.97 Å². The van der Waals surface area contributed by atoms with Gasteiger partial charge in [-0.05, 0) is 108 Å². The zero-order chi connectivity index (χ0) is 36.3. The van der Waals surface area contributed by atoms with E-state index in [9.17, 15) is 0 Å². The third-order valence-electron chi connectivity index (χ3n) is 9.20. The van der Waals surface area contributed by atoms with Gasteiger partial charge in [-0.1, -0.05) is 50.2 Å². The van der Waals surface area contributed by atoms with E-state index in [0.29, 0.717) is 52.9 Å². The standard InChI is InChI=1S/C45H44N2O6/c1-45(2)35-13-21-39(22-14-35)52-31-27-48-25-29-50-37-17-9-33(10-18-37)41-5-3-7-43(46-41)44-8-4-6-42(47-44)34-11-19-38(20-12-34)51-30-26-49-28-32-53-40-23-15-36(45)16-24-40/h3-24H,25-32H2,1-2H3. The van der Waals surface area contributed by atoms with Gasteiger partial charge in [-0.3, -0.25) is 0 Å². The van der Waals surface area contributed by atoms with E-state index in [4.69, 9.17) is 38.4 Å². The molecule has 6 aromatic rings. The number of hydrogen-bond acceptors (Lipinski definition) is 8. The summed E-state index contributed by atoms with van der Waals surface area (Å²) in [5.41, 5.74) is 7.50. The smallest absolute Gasteiger partial charge is 0.119 e. The van der Waals surface area contributed by atoms with Gasteiger partial charge in [0.1, 0.15) is 49.4 Å². The minimum atomic E-state index is -0.192. The van der Waals surface area contributed by atoms with Gasteiger partial charge < -0.3 is 28.4 Å². The van der Waals surface area contributed by atoms with E-state index >= 15 is 0 Å². The second-order valence-electron chi connectivity index (χ2n) is 13.2. The van der Waals surface area contributed by atoms with Crippen LogP contribution in [0.2, 0.25) is 0 Å². The molecule has 0 spiro atoms. The zero-order valence-corrected chi connectivity index (χ0v) is 30.2. The first-order valence-electron chi connectivity index (χ1n) is 18.0. The van der Waals surface area contributed by atoms with Gasteiger partial charge in [0.15, 0.2) is 0 Å². The quantitative estimate of drug-likeness (QED) is 0.155. The van der Waals surface area contributed by atoms with Crippen LogP contribution in [0.15, 0.2) is 133 Å². The summed E-state index contributed by atoms with van der Waals surface area (Å²) in [6.07, 6.45) is 0. The number of ether oxygens (including phenoxy) is 6. The molecular formula is C45H44N2O6. The molecule has 5 aliphatic heterocycles. The molecule has 0 aliphatic carbocycles. The van der Waals surface area contributed by atoms with Crippen molar-refractivity contribution in [3.05, 3.63) is 145 Å². The predicted octanol–water partition coefficient (Wildman–Crippen LogP) is 9.07. The molecule has 7 heterocycles. The molecule has 0 radical (unpaired) electrons. The van der Waals surface area contributed by atoms with E-state index in [1.807, 2.05) is 109 Å². The molecule has 11 rings (SSSR count). The average molecular weight is 709 g/mol. The van der Waals surface area contributed by atoms with E-state index in [1.54, 1.807) is 0 Å². The highest BCUT2D eigenvalue weighted by atomic mass is 16.5. The van der Waals surface area contributed by atoms with Crippen LogP contribution in [0.4, 0.5) is 0 Å². The highest BCUT2D eigenvalue weighted by Gasteiger charge is 2.23. The summed E-state index contributed by atoms with van der Waals surface area (Å²) in [5, 5.41) is 0. The second kappa shape index (κ2) is 17.2. The number of aromatic nitrogens is 2. The molecule has 0 unspecified atom stereocenters. The maximum absolute atomic E-state index is 5.94. The van der Waals surface area contributed by atoms with E-state index in [-0.39, 0.29) is 5.41 Å². The highest BCUT2D eigenvalue weighted by Crippen LogP contribution is 2.33. The molecule has 0 fully saturated rings. The molecule has 4 aromatic carbocycles. The lowest BCUT2D eigenvalue weighted by Crippen LogP contribution is -2.19. The van der Waals surface area contributed by atoms with Crippen LogP contribution in [0.1, 0.15) is 25.0 Å². The Morgan fingerprint density at radius 2 is 0.660 bits per heavy atom. The normalized spacial score (nSPS) is 15.4. The fraction of sp³-hybridized carbons (Fsp3) is 0.244. The van der Waals surface area contributed by atoms with Gasteiger partial charge in [0, 0.05) is 16.5 Å². The molecule has 8 nitrogen and oxygen atoms in total. The van der Waals surface area contributed by atoms with Crippen molar-refractivity contribution in [3.63, 3.8) is 0 Å². The van der Waals surface area contributed by atoms with Crippen molar-refractivity contribution in [2.45, 2.75) is 19.3 Å². The first-order valence-corrected chi connectivity index (χ1v) is 18.0. The third-order valence-corrected chi connectivity index (χ3v) is 9.20. The molecule has 5 aliphatic rings. The molecule has 0 N–H and O–H groups in total. The minimum Gasteiger partial charge on any atom is -0.491 e. The third kappa shape index (κ3) is 9.40. The van der Waals surface area contributed by atoms with E-state index in [2.05, 4.69) is 38.1 Å². The van der Waals surface area contributed by atoms with Gasteiger partial charge in [0.2, 0.25) is 0 Å². The Labute approximate surface area is 311 Å². The van der Waals surface area contributed by atoms with Crippen molar-refractivity contribution < 1.29 is 28.4 Å².